The van der Waals surface area contributed by atoms with Crippen molar-refractivity contribution in [3.63, 3.8) is 0 Å². The van der Waals surface area contributed by atoms with Crippen molar-refractivity contribution >= 4 is 22.8 Å². The smallest absolute Gasteiger partial charge is 0.339 e. The molecule has 0 aliphatic carbocycles. The lowest BCUT2D eigenvalue weighted by Crippen LogP contribution is -2.37. The molecule has 1 aromatic carbocycles. The number of rotatable bonds is 6. The maximum atomic E-state index is 12.1. The molecular weight excluding hydrogens is 326 g/mol. The van der Waals surface area contributed by atoms with E-state index < -0.39 is 23.6 Å². The molecule has 0 bridgehead atoms. The van der Waals surface area contributed by atoms with Crippen LogP contribution in [0.15, 0.2) is 21.3 Å². The van der Waals surface area contributed by atoms with Crippen LogP contribution in [0, 0.1) is 20.8 Å². The number of carboxylic acids is 1. The molecule has 25 heavy (non-hydrogen) atoms. The zero-order valence-corrected chi connectivity index (χ0v) is 14.6. The fourth-order valence-corrected chi connectivity index (χ4v) is 2.46. The van der Waals surface area contributed by atoms with Gasteiger partial charge in [-0.25, -0.2) is 4.79 Å². The predicted octanol–water partition coefficient (Wildman–Crippen LogP) is 2.08. The molecule has 134 valence electrons. The standard InChI is InChI=1S/C18H21NO6/c1-9-7-13(24-12(4)17(22)19-6-5-15(20)21)16-10(2)11(3)18(23)25-14(16)8-9/h7-8,12H,5-6H2,1-4H3,(H,19,22)(H,20,21). The van der Waals surface area contributed by atoms with Crippen LogP contribution in [0.4, 0.5) is 0 Å². The minimum atomic E-state index is -0.986. The van der Waals surface area contributed by atoms with Gasteiger partial charge in [0, 0.05) is 12.1 Å². The van der Waals surface area contributed by atoms with Crippen LogP contribution in [0.2, 0.25) is 0 Å². The first-order valence-electron chi connectivity index (χ1n) is 7.91. The number of carbonyl (C=O) groups is 2. The summed E-state index contributed by atoms with van der Waals surface area (Å²) < 4.78 is 11.1. The molecule has 1 heterocycles. The van der Waals surface area contributed by atoms with Crippen molar-refractivity contribution in [2.75, 3.05) is 6.54 Å². The molecule has 0 spiro atoms. The Kier molecular flexibility index (Phi) is 5.46. The highest BCUT2D eigenvalue weighted by molar-refractivity contribution is 5.89. The number of ether oxygens (including phenoxy) is 1. The van der Waals surface area contributed by atoms with E-state index >= 15 is 0 Å². The number of hydrogen-bond donors (Lipinski definition) is 2. The molecule has 0 saturated carbocycles. The molecular formula is C18H21NO6. The summed E-state index contributed by atoms with van der Waals surface area (Å²) in [6, 6.07) is 3.52. The van der Waals surface area contributed by atoms with Crippen molar-refractivity contribution in [2.24, 2.45) is 0 Å². The fourth-order valence-electron chi connectivity index (χ4n) is 2.46. The van der Waals surface area contributed by atoms with Gasteiger partial charge in [0.15, 0.2) is 6.10 Å². The summed E-state index contributed by atoms with van der Waals surface area (Å²) >= 11 is 0. The van der Waals surface area contributed by atoms with Gasteiger partial charge in [-0.3, -0.25) is 9.59 Å². The van der Waals surface area contributed by atoms with Crippen LogP contribution in [0.1, 0.15) is 30.0 Å². The minimum Gasteiger partial charge on any atom is -0.481 e. The van der Waals surface area contributed by atoms with Crippen LogP contribution in [-0.4, -0.2) is 29.6 Å². The zero-order chi connectivity index (χ0) is 18.7. The van der Waals surface area contributed by atoms with Gasteiger partial charge < -0.3 is 19.6 Å². The van der Waals surface area contributed by atoms with E-state index in [1.165, 1.54) is 0 Å². The fraction of sp³-hybridized carbons (Fsp3) is 0.389. The number of benzene rings is 1. The summed E-state index contributed by atoms with van der Waals surface area (Å²) in [5.74, 6) is -0.956. The van der Waals surface area contributed by atoms with Gasteiger partial charge in [-0.2, -0.15) is 0 Å². The lowest BCUT2D eigenvalue weighted by atomic mass is 10.0. The van der Waals surface area contributed by atoms with Crippen molar-refractivity contribution in [1.82, 2.24) is 5.32 Å². The Morgan fingerprint density at radius 1 is 1.24 bits per heavy atom. The van der Waals surface area contributed by atoms with E-state index in [9.17, 15) is 14.4 Å². The van der Waals surface area contributed by atoms with E-state index in [0.29, 0.717) is 22.3 Å². The lowest BCUT2D eigenvalue weighted by molar-refractivity contribution is -0.137. The quantitative estimate of drug-likeness (QED) is 0.775. The first kappa shape index (κ1) is 18.5. The van der Waals surface area contributed by atoms with Crippen molar-refractivity contribution in [3.8, 4) is 5.75 Å². The van der Waals surface area contributed by atoms with Crippen LogP contribution in [-0.2, 0) is 9.59 Å². The molecule has 1 atom stereocenters. The molecule has 0 fully saturated rings. The molecule has 0 radical (unpaired) electrons. The van der Waals surface area contributed by atoms with Gasteiger partial charge >= 0.3 is 11.6 Å². The third kappa shape index (κ3) is 4.17. The molecule has 7 heteroatoms. The van der Waals surface area contributed by atoms with Gasteiger partial charge in [-0.05, 0) is 51.0 Å². The Bertz CT molecular complexity index is 883. The van der Waals surface area contributed by atoms with Gasteiger partial charge in [0.25, 0.3) is 5.91 Å². The molecule has 1 unspecified atom stereocenters. The van der Waals surface area contributed by atoms with Crippen molar-refractivity contribution in [3.05, 3.63) is 39.2 Å². The maximum Gasteiger partial charge on any atom is 0.339 e. The van der Waals surface area contributed by atoms with E-state index in [-0.39, 0.29) is 13.0 Å². The number of amides is 1. The van der Waals surface area contributed by atoms with Gasteiger partial charge in [0.2, 0.25) is 0 Å². The normalized spacial score (nSPS) is 12.0. The third-order valence-electron chi connectivity index (χ3n) is 3.97. The summed E-state index contributed by atoms with van der Waals surface area (Å²) in [6.45, 7) is 6.91. The van der Waals surface area contributed by atoms with E-state index in [1.54, 1.807) is 32.9 Å². The van der Waals surface area contributed by atoms with E-state index in [2.05, 4.69) is 5.32 Å². The van der Waals surface area contributed by atoms with Gasteiger partial charge in [-0.1, -0.05) is 0 Å². The van der Waals surface area contributed by atoms with E-state index in [1.807, 2.05) is 6.92 Å². The summed E-state index contributed by atoms with van der Waals surface area (Å²) in [5, 5.41) is 11.8. The van der Waals surface area contributed by atoms with Gasteiger partial charge in [0.1, 0.15) is 11.3 Å². The number of aryl methyl sites for hydroxylation is 2. The Balaban J connectivity index is 2.31. The third-order valence-corrected chi connectivity index (χ3v) is 3.97. The SMILES string of the molecule is Cc1cc(OC(C)C(=O)NCCC(=O)O)c2c(C)c(C)c(=O)oc2c1. The maximum absolute atomic E-state index is 12.1. The van der Waals surface area contributed by atoms with Crippen molar-refractivity contribution < 1.29 is 23.8 Å². The molecule has 2 rings (SSSR count). The lowest BCUT2D eigenvalue weighted by Gasteiger charge is -2.17. The second-order valence-electron chi connectivity index (χ2n) is 5.97. The summed E-state index contributed by atoms with van der Waals surface area (Å²) in [7, 11) is 0. The molecule has 1 aromatic heterocycles. The Labute approximate surface area is 144 Å². The topological polar surface area (TPSA) is 106 Å². The molecule has 0 aliphatic rings. The molecule has 2 aromatic rings. The minimum absolute atomic E-state index is 0.0312. The Morgan fingerprint density at radius 3 is 2.56 bits per heavy atom. The molecule has 0 saturated heterocycles. The number of carboxylic acid groups (broad SMARTS) is 1. The van der Waals surface area contributed by atoms with Gasteiger partial charge in [-0.15, -0.1) is 0 Å². The molecule has 0 aliphatic heterocycles. The molecule has 1 amide bonds. The van der Waals surface area contributed by atoms with Gasteiger partial charge in [0.05, 0.1) is 11.8 Å². The highest BCUT2D eigenvalue weighted by Crippen LogP contribution is 2.31. The van der Waals surface area contributed by atoms with Crippen molar-refractivity contribution in [2.45, 2.75) is 40.2 Å². The first-order valence-corrected chi connectivity index (χ1v) is 7.91. The number of aliphatic carboxylic acids is 1. The number of hydrogen-bond acceptors (Lipinski definition) is 5. The predicted molar refractivity (Wildman–Crippen MR) is 92.0 cm³/mol. The molecule has 7 nitrogen and oxygen atoms in total. The van der Waals surface area contributed by atoms with Crippen LogP contribution in [0.3, 0.4) is 0 Å². The summed E-state index contributed by atoms with van der Waals surface area (Å²) in [6.07, 6.45) is -0.986. The first-order chi connectivity index (χ1) is 11.7. The van der Waals surface area contributed by atoms with E-state index in [4.69, 9.17) is 14.3 Å². The Morgan fingerprint density at radius 2 is 1.92 bits per heavy atom. The monoisotopic (exact) mass is 347 g/mol. The highest BCUT2D eigenvalue weighted by Gasteiger charge is 2.19. The average Bonchev–Trinajstić information content (AvgIpc) is 2.51. The second-order valence-corrected chi connectivity index (χ2v) is 5.97. The largest absolute Gasteiger partial charge is 0.481 e. The van der Waals surface area contributed by atoms with Crippen LogP contribution >= 0.6 is 0 Å². The summed E-state index contributed by atoms with van der Waals surface area (Å²) in [5.41, 5.74) is 2.05. The molecule has 2 N–H and O–H groups in total. The number of nitrogens with one attached hydrogen (secondary N) is 1. The zero-order valence-electron chi connectivity index (χ0n) is 14.6. The number of fused-ring (bicyclic) bond motifs is 1. The second kappa shape index (κ2) is 7.38. The highest BCUT2D eigenvalue weighted by atomic mass is 16.5. The average molecular weight is 347 g/mol. The Hall–Kier alpha value is -2.83. The van der Waals surface area contributed by atoms with Crippen LogP contribution < -0.4 is 15.7 Å². The van der Waals surface area contributed by atoms with E-state index in [0.717, 1.165) is 11.1 Å². The van der Waals surface area contributed by atoms with Crippen molar-refractivity contribution in [1.29, 1.82) is 0 Å². The van der Waals surface area contributed by atoms with Crippen LogP contribution in [0.25, 0.3) is 11.0 Å². The number of carbonyl (C=O) groups excluding carboxylic acids is 1. The van der Waals surface area contributed by atoms with Crippen LogP contribution in [0.5, 0.6) is 5.75 Å². The summed E-state index contributed by atoms with van der Waals surface area (Å²) in [4.78, 5) is 34.4.